The summed E-state index contributed by atoms with van der Waals surface area (Å²) in [7, 11) is 0. The first-order valence-electron chi connectivity index (χ1n) is 9.68. The third-order valence-electron chi connectivity index (χ3n) is 5.20. The lowest BCUT2D eigenvalue weighted by atomic mass is 10.1. The molecular weight excluding hydrogens is 457 g/mol. The molecule has 4 rings (SSSR count). The minimum atomic E-state index is -0.622. The first-order valence-corrected chi connectivity index (χ1v) is 10.4. The van der Waals surface area contributed by atoms with Crippen molar-refractivity contribution < 1.29 is 9.72 Å². The number of nitro benzene ring substituents is 1. The number of hydrogen-bond donors (Lipinski definition) is 0. The molecule has 11 heteroatoms. The van der Waals surface area contributed by atoms with Crippen LogP contribution in [0.3, 0.4) is 0 Å². The summed E-state index contributed by atoms with van der Waals surface area (Å²) in [5.74, 6) is -0.447. The van der Waals surface area contributed by atoms with E-state index in [1.807, 2.05) is 11.0 Å². The molecule has 32 heavy (non-hydrogen) atoms. The quantitative estimate of drug-likeness (QED) is 0.424. The van der Waals surface area contributed by atoms with Gasteiger partial charge in [-0.15, -0.1) is 0 Å². The molecule has 1 saturated heterocycles. The van der Waals surface area contributed by atoms with Crippen LogP contribution in [0.1, 0.15) is 10.4 Å². The molecule has 164 valence electrons. The van der Waals surface area contributed by atoms with Crippen molar-refractivity contribution >= 4 is 40.5 Å². The Morgan fingerprint density at radius 1 is 1.03 bits per heavy atom. The molecule has 1 amide bonds. The standard InChI is InChI=1S/C21H17Cl2N5O4/c22-14-6-7-16(17(12-14)28(31)32)20(29)26-10-8-25(9-11-26)18-13-24-27(21(30)19(18)23)15-4-2-1-3-5-15/h1-7,12-13H,8-11H2. The van der Waals surface area contributed by atoms with Gasteiger partial charge in [0, 0.05) is 37.3 Å². The van der Waals surface area contributed by atoms with Crippen molar-refractivity contribution in [3.63, 3.8) is 0 Å². The zero-order valence-corrected chi connectivity index (χ0v) is 18.2. The summed E-state index contributed by atoms with van der Waals surface area (Å²) in [5.41, 5.74) is 0.296. The summed E-state index contributed by atoms with van der Waals surface area (Å²) < 4.78 is 1.23. The number of hydrogen-bond acceptors (Lipinski definition) is 6. The summed E-state index contributed by atoms with van der Waals surface area (Å²) in [4.78, 5) is 39.7. The van der Waals surface area contributed by atoms with Gasteiger partial charge in [0.1, 0.15) is 10.6 Å². The number of carbonyl (C=O) groups excluding carboxylic acids is 1. The van der Waals surface area contributed by atoms with Gasteiger partial charge in [-0.3, -0.25) is 19.7 Å². The largest absolute Gasteiger partial charge is 0.365 e. The van der Waals surface area contributed by atoms with Gasteiger partial charge in [0.15, 0.2) is 0 Å². The van der Waals surface area contributed by atoms with Gasteiger partial charge in [-0.2, -0.15) is 9.78 Å². The number of aromatic nitrogens is 2. The van der Waals surface area contributed by atoms with Crippen molar-refractivity contribution in [2.24, 2.45) is 0 Å². The van der Waals surface area contributed by atoms with Crippen molar-refractivity contribution in [2.45, 2.75) is 0 Å². The van der Waals surface area contributed by atoms with Gasteiger partial charge in [0.05, 0.1) is 22.5 Å². The Kier molecular flexibility index (Phi) is 6.11. The highest BCUT2D eigenvalue weighted by Crippen LogP contribution is 2.27. The predicted octanol–water partition coefficient (Wildman–Crippen LogP) is 3.41. The van der Waals surface area contributed by atoms with E-state index in [2.05, 4.69) is 5.10 Å². The average Bonchev–Trinajstić information content (AvgIpc) is 2.81. The molecule has 0 aliphatic carbocycles. The number of halogens is 2. The van der Waals surface area contributed by atoms with Crippen LogP contribution in [0.15, 0.2) is 59.5 Å². The van der Waals surface area contributed by atoms with Gasteiger partial charge < -0.3 is 9.80 Å². The van der Waals surface area contributed by atoms with Gasteiger partial charge in [-0.1, -0.05) is 41.4 Å². The molecule has 0 saturated carbocycles. The molecule has 1 aromatic heterocycles. The molecule has 2 heterocycles. The van der Waals surface area contributed by atoms with E-state index < -0.39 is 16.4 Å². The second-order valence-electron chi connectivity index (χ2n) is 7.09. The van der Waals surface area contributed by atoms with Crippen LogP contribution in [0, 0.1) is 10.1 Å². The van der Waals surface area contributed by atoms with Crippen LogP contribution in [0.5, 0.6) is 0 Å². The maximum atomic E-state index is 12.9. The van der Waals surface area contributed by atoms with E-state index in [1.165, 1.54) is 27.9 Å². The van der Waals surface area contributed by atoms with Gasteiger partial charge >= 0.3 is 0 Å². The number of rotatable bonds is 4. The number of nitro groups is 1. The molecule has 1 aliphatic rings. The average molecular weight is 474 g/mol. The second-order valence-corrected chi connectivity index (χ2v) is 7.91. The molecule has 3 aromatic rings. The summed E-state index contributed by atoms with van der Waals surface area (Å²) in [6.07, 6.45) is 1.53. The Bertz CT molecular complexity index is 1240. The third-order valence-corrected chi connectivity index (χ3v) is 5.79. The molecule has 1 aliphatic heterocycles. The molecular formula is C21H17Cl2N5O4. The molecule has 0 bridgehead atoms. The van der Waals surface area contributed by atoms with Gasteiger partial charge in [-0.05, 0) is 24.3 Å². The molecule has 2 aromatic carbocycles. The van der Waals surface area contributed by atoms with E-state index in [9.17, 15) is 19.7 Å². The first kappa shape index (κ1) is 21.8. The lowest BCUT2D eigenvalue weighted by Crippen LogP contribution is -2.49. The van der Waals surface area contributed by atoms with E-state index in [4.69, 9.17) is 23.2 Å². The van der Waals surface area contributed by atoms with Crippen molar-refractivity contribution in [2.75, 3.05) is 31.1 Å². The first-order chi connectivity index (χ1) is 15.4. The van der Waals surface area contributed by atoms with Crippen LogP contribution in [0.4, 0.5) is 11.4 Å². The highest BCUT2D eigenvalue weighted by molar-refractivity contribution is 6.33. The van der Waals surface area contributed by atoms with E-state index in [-0.39, 0.29) is 21.3 Å². The smallest absolute Gasteiger partial charge is 0.292 e. The molecule has 0 spiro atoms. The Morgan fingerprint density at radius 3 is 2.38 bits per heavy atom. The predicted molar refractivity (Wildman–Crippen MR) is 121 cm³/mol. The van der Waals surface area contributed by atoms with Crippen molar-refractivity contribution in [3.8, 4) is 5.69 Å². The van der Waals surface area contributed by atoms with Crippen LogP contribution in [-0.2, 0) is 0 Å². The van der Waals surface area contributed by atoms with Crippen LogP contribution in [0.2, 0.25) is 10.0 Å². The number of carbonyl (C=O) groups is 1. The van der Waals surface area contributed by atoms with Gasteiger partial charge in [0.2, 0.25) is 0 Å². The highest BCUT2D eigenvalue weighted by Gasteiger charge is 2.29. The molecule has 1 fully saturated rings. The minimum absolute atomic E-state index is 0.0157. The fourth-order valence-corrected chi connectivity index (χ4v) is 3.97. The number of amides is 1. The molecule has 0 N–H and O–H groups in total. The van der Waals surface area contributed by atoms with Crippen molar-refractivity contribution in [3.05, 3.63) is 90.8 Å². The zero-order chi connectivity index (χ0) is 22.8. The summed E-state index contributed by atoms with van der Waals surface area (Å²) in [5, 5.41) is 15.8. The number of para-hydroxylation sites is 1. The van der Waals surface area contributed by atoms with Crippen LogP contribution in [-0.4, -0.2) is 51.7 Å². The summed E-state index contributed by atoms with van der Waals surface area (Å²) in [6.45, 7) is 1.39. The summed E-state index contributed by atoms with van der Waals surface area (Å²) >= 11 is 12.2. The van der Waals surface area contributed by atoms with Crippen molar-refractivity contribution in [1.82, 2.24) is 14.7 Å². The SMILES string of the molecule is O=C(c1ccc(Cl)cc1[N+](=O)[O-])N1CCN(c2cnn(-c3ccccc3)c(=O)c2Cl)CC1. The maximum Gasteiger partial charge on any atom is 0.292 e. The molecule has 0 atom stereocenters. The lowest BCUT2D eigenvalue weighted by Gasteiger charge is -2.36. The fraction of sp³-hybridized carbons (Fsp3) is 0.190. The lowest BCUT2D eigenvalue weighted by molar-refractivity contribution is -0.385. The molecule has 9 nitrogen and oxygen atoms in total. The van der Waals surface area contributed by atoms with Gasteiger partial charge in [-0.25, -0.2) is 0 Å². The monoisotopic (exact) mass is 473 g/mol. The van der Waals surface area contributed by atoms with Gasteiger partial charge in [0.25, 0.3) is 17.2 Å². The number of anilines is 1. The molecule has 0 unspecified atom stereocenters. The van der Waals surface area contributed by atoms with E-state index in [1.54, 1.807) is 24.3 Å². The number of benzene rings is 2. The zero-order valence-electron chi connectivity index (χ0n) is 16.6. The van der Waals surface area contributed by atoms with E-state index in [0.29, 0.717) is 37.6 Å². The maximum absolute atomic E-state index is 12.9. The van der Waals surface area contributed by atoms with Crippen LogP contribution < -0.4 is 10.5 Å². The Balaban J connectivity index is 1.51. The van der Waals surface area contributed by atoms with Crippen molar-refractivity contribution in [1.29, 1.82) is 0 Å². The van der Waals surface area contributed by atoms with Crippen LogP contribution in [0.25, 0.3) is 5.69 Å². The van der Waals surface area contributed by atoms with E-state index >= 15 is 0 Å². The normalized spacial score (nSPS) is 13.8. The number of piperazine rings is 1. The second kappa shape index (κ2) is 8.97. The van der Waals surface area contributed by atoms with E-state index in [0.717, 1.165) is 6.07 Å². The number of nitrogens with zero attached hydrogens (tertiary/aromatic N) is 5. The summed E-state index contributed by atoms with van der Waals surface area (Å²) in [6, 6.07) is 12.9. The topological polar surface area (TPSA) is 102 Å². The van der Waals surface area contributed by atoms with Crippen LogP contribution >= 0.6 is 23.2 Å². The Hall–Kier alpha value is -3.43. The molecule has 0 radical (unpaired) electrons. The Labute approximate surface area is 192 Å². The Morgan fingerprint density at radius 2 is 1.72 bits per heavy atom. The minimum Gasteiger partial charge on any atom is -0.365 e. The fourth-order valence-electron chi connectivity index (χ4n) is 3.56. The highest BCUT2D eigenvalue weighted by atomic mass is 35.5. The third kappa shape index (κ3) is 4.17.